The van der Waals surface area contributed by atoms with E-state index in [-0.39, 0.29) is 0 Å². The van der Waals surface area contributed by atoms with Crippen molar-refractivity contribution in [1.82, 2.24) is 0 Å². The molecule has 0 saturated carbocycles. The second kappa shape index (κ2) is 9.95. The smallest absolute Gasteiger partial charge is 0.336 e. The molecule has 0 aromatic heterocycles. The van der Waals surface area contributed by atoms with Crippen LogP contribution in [0.1, 0.15) is 16.7 Å². The summed E-state index contributed by atoms with van der Waals surface area (Å²) in [4.78, 5) is 12.2. The van der Waals surface area contributed by atoms with E-state index in [9.17, 15) is 4.79 Å². The Balaban J connectivity index is 1.91. The van der Waals surface area contributed by atoms with Crippen LogP contribution in [-0.4, -0.2) is 20.2 Å². The first-order chi connectivity index (χ1) is 14.2. The Morgan fingerprint density at radius 1 is 0.759 bits per heavy atom. The molecule has 29 heavy (non-hydrogen) atoms. The summed E-state index contributed by atoms with van der Waals surface area (Å²) in [6, 6.07) is 22.6. The van der Waals surface area contributed by atoms with E-state index in [4.69, 9.17) is 14.2 Å². The standard InChI is InChI=1S/C25H22O4/c1-27-22-17-20(14-13-19-9-5-3-6-10-19)23(24(18-22)28-2)15-16-25(26)29-21-11-7-4-8-12-21/h3-18H,1-2H3/b14-13+,16-15+. The summed E-state index contributed by atoms with van der Waals surface area (Å²) in [5, 5.41) is 0. The molecule has 0 spiro atoms. The molecule has 4 nitrogen and oxygen atoms in total. The number of carbonyl (C=O) groups is 1. The topological polar surface area (TPSA) is 44.8 Å². The average Bonchev–Trinajstić information content (AvgIpc) is 2.77. The summed E-state index contributed by atoms with van der Waals surface area (Å²) in [7, 11) is 3.19. The van der Waals surface area contributed by atoms with Crippen LogP contribution < -0.4 is 14.2 Å². The van der Waals surface area contributed by atoms with Crippen molar-refractivity contribution >= 4 is 24.2 Å². The van der Waals surface area contributed by atoms with Crippen LogP contribution in [0, 0.1) is 0 Å². The van der Waals surface area contributed by atoms with Crippen molar-refractivity contribution in [3.8, 4) is 17.2 Å². The minimum absolute atomic E-state index is 0.466. The van der Waals surface area contributed by atoms with Gasteiger partial charge in [-0.3, -0.25) is 0 Å². The number of hydrogen-bond acceptors (Lipinski definition) is 4. The monoisotopic (exact) mass is 386 g/mol. The molecule has 0 bridgehead atoms. The molecular formula is C25H22O4. The molecule has 0 unspecified atom stereocenters. The highest BCUT2D eigenvalue weighted by Gasteiger charge is 2.10. The van der Waals surface area contributed by atoms with Crippen molar-refractivity contribution in [3.05, 3.63) is 95.6 Å². The molecule has 3 rings (SSSR count). The lowest BCUT2D eigenvalue weighted by molar-refractivity contribution is -0.128. The molecule has 0 aliphatic heterocycles. The van der Waals surface area contributed by atoms with Crippen molar-refractivity contribution in [2.75, 3.05) is 14.2 Å². The molecule has 0 aliphatic rings. The van der Waals surface area contributed by atoms with E-state index >= 15 is 0 Å². The molecule has 0 N–H and O–H groups in total. The quantitative estimate of drug-likeness (QED) is 0.233. The van der Waals surface area contributed by atoms with Crippen molar-refractivity contribution in [1.29, 1.82) is 0 Å². The van der Waals surface area contributed by atoms with Crippen LogP contribution >= 0.6 is 0 Å². The third kappa shape index (κ3) is 5.59. The van der Waals surface area contributed by atoms with Crippen LogP contribution in [0.5, 0.6) is 17.2 Å². The average molecular weight is 386 g/mol. The predicted octanol–water partition coefficient (Wildman–Crippen LogP) is 5.49. The van der Waals surface area contributed by atoms with E-state index in [0.29, 0.717) is 17.2 Å². The Kier molecular flexibility index (Phi) is 6.85. The maximum absolute atomic E-state index is 12.2. The summed E-state index contributed by atoms with van der Waals surface area (Å²) in [6.45, 7) is 0. The first-order valence-electron chi connectivity index (χ1n) is 9.13. The fourth-order valence-electron chi connectivity index (χ4n) is 2.77. The van der Waals surface area contributed by atoms with Gasteiger partial charge in [0.05, 0.1) is 14.2 Å². The Bertz CT molecular complexity index is 1010. The fraction of sp³-hybridized carbons (Fsp3) is 0.0800. The molecule has 0 heterocycles. The van der Waals surface area contributed by atoms with Gasteiger partial charge in [-0.1, -0.05) is 60.7 Å². The molecule has 3 aromatic carbocycles. The molecule has 0 radical (unpaired) electrons. The normalized spacial score (nSPS) is 11.0. The lowest BCUT2D eigenvalue weighted by atomic mass is 10.0. The summed E-state index contributed by atoms with van der Waals surface area (Å²) in [5.74, 6) is 1.29. The highest BCUT2D eigenvalue weighted by molar-refractivity contribution is 5.91. The van der Waals surface area contributed by atoms with Gasteiger partial charge >= 0.3 is 5.97 Å². The number of benzene rings is 3. The van der Waals surface area contributed by atoms with Gasteiger partial charge in [-0.15, -0.1) is 0 Å². The molecule has 0 atom stereocenters. The third-order valence-corrected chi connectivity index (χ3v) is 4.21. The third-order valence-electron chi connectivity index (χ3n) is 4.21. The van der Waals surface area contributed by atoms with Crippen molar-refractivity contribution < 1.29 is 19.0 Å². The minimum Gasteiger partial charge on any atom is -0.497 e. The number of methoxy groups -OCH3 is 2. The van der Waals surface area contributed by atoms with Crippen LogP contribution in [0.4, 0.5) is 0 Å². The maximum Gasteiger partial charge on any atom is 0.336 e. The van der Waals surface area contributed by atoms with E-state index in [1.54, 1.807) is 38.5 Å². The van der Waals surface area contributed by atoms with Gasteiger partial charge in [0.2, 0.25) is 0 Å². The SMILES string of the molecule is COc1cc(/C=C/c2ccccc2)c(/C=C/C(=O)Oc2ccccc2)c(OC)c1. The van der Waals surface area contributed by atoms with E-state index in [1.807, 2.05) is 66.7 Å². The summed E-state index contributed by atoms with van der Waals surface area (Å²) in [6.07, 6.45) is 7.03. The van der Waals surface area contributed by atoms with E-state index in [2.05, 4.69) is 0 Å². The highest BCUT2D eigenvalue weighted by atomic mass is 16.5. The van der Waals surface area contributed by atoms with Gasteiger partial charge in [0.15, 0.2) is 0 Å². The molecule has 3 aromatic rings. The lowest BCUT2D eigenvalue weighted by Crippen LogP contribution is -2.03. The molecule has 0 aliphatic carbocycles. The van der Waals surface area contributed by atoms with Gasteiger partial charge in [0.25, 0.3) is 0 Å². The Morgan fingerprint density at radius 3 is 2.10 bits per heavy atom. The van der Waals surface area contributed by atoms with Crippen LogP contribution in [0.25, 0.3) is 18.2 Å². The largest absolute Gasteiger partial charge is 0.497 e. The van der Waals surface area contributed by atoms with Gasteiger partial charge in [-0.25, -0.2) is 4.79 Å². The van der Waals surface area contributed by atoms with Crippen molar-refractivity contribution in [2.45, 2.75) is 0 Å². The van der Waals surface area contributed by atoms with Gasteiger partial charge in [0.1, 0.15) is 17.2 Å². The van der Waals surface area contributed by atoms with E-state index in [0.717, 1.165) is 16.7 Å². The number of rotatable bonds is 7. The highest BCUT2D eigenvalue weighted by Crippen LogP contribution is 2.31. The van der Waals surface area contributed by atoms with Crippen LogP contribution in [0.3, 0.4) is 0 Å². The van der Waals surface area contributed by atoms with Gasteiger partial charge in [-0.05, 0) is 35.4 Å². The van der Waals surface area contributed by atoms with Crippen LogP contribution in [0.2, 0.25) is 0 Å². The predicted molar refractivity (Wildman–Crippen MR) is 116 cm³/mol. The van der Waals surface area contributed by atoms with Gasteiger partial charge < -0.3 is 14.2 Å². The Hall–Kier alpha value is -3.79. The number of para-hydroxylation sites is 1. The zero-order valence-corrected chi connectivity index (χ0v) is 16.4. The zero-order valence-electron chi connectivity index (χ0n) is 16.4. The van der Waals surface area contributed by atoms with Gasteiger partial charge in [-0.2, -0.15) is 0 Å². The second-order valence-corrected chi connectivity index (χ2v) is 6.14. The van der Waals surface area contributed by atoms with E-state index < -0.39 is 5.97 Å². The number of ether oxygens (including phenoxy) is 3. The molecule has 146 valence electrons. The maximum atomic E-state index is 12.2. The van der Waals surface area contributed by atoms with E-state index in [1.165, 1.54) is 6.08 Å². The molecule has 4 heteroatoms. The minimum atomic E-state index is -0.466. The first kappa shape index (κ1) is 20.0. The van der Waals surface area contributed by atoms with Crippen molar-refractivity contribution in [3.63, 3.8) is 0 Å². The Labute approximate surface area is 170 Å². The molecule has 0 saturated heterocycles. The summed E-state index contributed by atoms with van der Waals surface area (Å²) >= 11 is 0. The van der Waals surface area contributed by atoms with Gasteiger partial charge in [0, 0.05) is 17.7 Å². The number of carbonyl (C=O) groups excluding carboxylic acids is 1. The second-order valence-electron chi connectivity index (χ2n) is 6.14. The molecular weight excluding hydrogens is 364 g/mol. The fourth-order valence-corrected chi connectivity index (χ4v) is 2.77. The summed E-state index contributed by atoms with van der Waals surface area (Å²) in [5.41, 5.74) is 2.67. The zero-order chi connectivity index (χ0) is 20.5. The first-order valence-corrected chi connectivity index (χ1v) is 9.13. The number of hydrogen-bond donors (Lipinski definition) is 0. The van der Waals surface area contributed by atoms with Crippen molar-refractivity contribution in [2.24, 2.45) is 0 Å². The molecule has 0 fully saturated rings. The lowest BCUT2D eigenvalue weighted by Gasteiger charge is -2.11. The van der Waals surface area contributed by atoms with Crippen LogP contribution in [-0.2, 0) is 4.79 Å². The molecule has 0 amide bonds. The Morgan fingerprint density at radius 2 is 1.45 bits per heavy atom. The van der Waals surface area contributed by atoms with Crippen LogP contribution in [0.15, 0.2) is 78.9 Å². The number of esters is 1. The summed E-state index contributed by atoms with van der Waals surface area (Å²) < 4.78 is 16.2.